The second-order valence-electron chi connectivity index (χ2n) is 6.50. The number of benzene rings is 2. The Morgan fingerprint density at radius 1 is 1.07 bits per heavy atom. The molecule has 0 spiro atoms. The molecule has 5 nitrogen and oxygen atoms in total. The molecule has 2 aromatic rings. The minimum atomic E-state index is -2.92. The summed E-state index contributed by atoms with van der Waals surface area (Å²) in [5.41, 5.74) is 1.83. The lowest BCUT2D eigenvalue weighted by molar-refractivity contribution is -0.126. The summed E-state index contributed by atoms with van der Waals surface area (Å²) in [6.45, 7) is 1.99. The lowest BCUT2D eigenvalue weighted by Gasteiger charge is -2.35. The van der Waals surface area contributed by atoms with E-state index in [0.29, 0.717) is 25.3 Å². The summed E-state index contributed by atoms with van der Waals surface area (Å²) < 4.78 is 34.8. The fraction of sp³-hybridized carbons (Fsp3) is 0.318. The first-order valence-corrected chi connectivity index (χ1v) is 9.55. The third-order valence-corrected chi connectivity index (χ3v) is 4.61. The zero-order chi connectivity index (χ0) is 20.6. The van der Waals surface area contributed by atoms with Crippen molar-refractivity contribution in [3.05, 3.63) is 60.2 Å². The highest BCUT2D eigenvalue weighted by atomic mass is 19.3. The van der Waals surface area contributed by atoms with Crippen molar-refractivity contribution in [2.75, 3.05) is 37.7 Å². The van der Waals surface area contributed by atoms with Gasteiger partial charge in [0.2, 0.25) is 5.91 Å². The van der Waals surface area contributed by atoms with E-state index in [-0.39, 0.29) is 17.4 Å². The van der Waals surface area contributed by atoms with Gasteiger partial charge in [-0.15, -0.1) is 0 Å². The largest absolute Gasteiger partial charge is 0.490 e. The van der Waals surface area contributed by atoms with E-state index in [9.17, 15) is 13.6 Å². The first-order chi connectivity index (χ1) is 14.1. The number of piperazine rings is 1. The van der Waals surface area contributed by atoms with Crippen molar-refractivity contribution in [3.63, 3.8) is 0 Å². The first-order valence-electron chi connectivity index (χ1n) is 9.55. The zero-order valence-electron chi connectivity index (χ0n) is 16.3. The molecule has 1 heterocycles. The highest BCUT2D eigenvalue weighted by Gasteiger charge is 2.19. The van der Waals surface area contributed by atoms with Crippen molar-refractivity contribution >= 4 is 17.7 Å². The van der Waals surface area contributed by atoms with E-state index in [4.69, 9.17) is 4.74 Å². The molecule has 0 atom stereocenters. The minimum Gasteiger partial charge on any atom is -0.490 e. The molecule has 29 heavy (non-hydrogen) atoms. The summed E-state index contributed by atoms with van der Waals surface area (Å²) in [5, 5.41) is 0. The van der Waals surface area contributed by atoms with Gasteiger partial charge in [-0.2, -0.15) is 8.78 Å². The Hall–Kier alpha value is -3.09. The molecule has 2 aromatic carbocycles. The Labute approximate surface area is 169 Å². The molecule has 0 unspecified atom stereocenters. The van der Waals surface area contributed by atoms with Crippen molar-refractivity contribution in [2.24, 2.45) is 0 Å². The summed E-state index contributed by atoms with van der Waals surface area (Å²) >= 11 is 0. The second kappa shape index (κ2) is 9.91. The molecule has 7 heteroatoms. The van der Waals surface area contributed by atoms with Crippen molar-refractivity contribution in [2.45, 2.75) is 13.5 Å². The third-order valence-electron chi connectivity index (χ3n) is 4.61. The molecule has 3 rings (SSSR count). The number of nitrogens with zero attached hydrogens (tertiary/aromatic N) is 2. The van der Waals surface area contributed by atoms with E-state index in [1.165, 1.54) is 12.1 Å². The molecule has 0 N–H and O–H groups in total. The molecule has 1 aliphatic heterocycles. The third kappa shape index (κ3) is 5.70. The van der Waals surface area contributed by atoms with Crippen LogP contribution in [0.5, 0.6) is 11.5 Å². The van der Waals surface area contributed by atoms with Gasteiger partial charge in [-0.05, 0) is 42.8 Å². The van der Waals surface area contributed by atoms with E-state index in [0.717, 1.165) is 18.8 Å². The van der Waals surface area contributed by atoms with Crippen LogP contribution in [0.15, 0.2) is 54.6 Å². The van der Waals surface area contributed by atoms with Gasteiger partial charge in [0.25, 0.3) is 0 Å². The number of alkyl halides is 2. The number of carbonyl (C=O) groups excluding carboxylic acids is 1. The normalized spacial score (nSPS) is 14.5. The van der Waals surface area contributed by atoms with Gasteiger partial charge in [0.05, 0.1) is 6.61 Å². The molecule has 1 amide bonds. The monoisotopic (exact) mass is 402 g/mol. The van der Waals surface area contributed by atoms with Gasteiger partial charge >= 0.3 is 6.61 Å². The first kappa shape index (κ1) is 20.6. The molecule has 0 aliphatic carbocycles. The van der Waals surface area contributed by atoms with Gasteiger partial charge in [0, 0.05) is 37.9 Å². The number of hydrogen-bond donors (Lipinski definition) is 0. The van der Waals surface area contributed by atoms with E-state index in [1.54, 1.807) is 30.0 Å². The molecular formula is C22H24F2N2O3. The summed E-state index contributed by atoms with van der Waals surface area (Å²) in [6, 6.07) is 14.7. The zero-order valence-corrected chi connectivity index (χ0v) is 16.3. The number of halogens is 2. The maximum atomic E-state index is 12.5. The maximum Gasteiger partial charge on any atom is 0.387 e. The lowest BCUT2D eigenvalue weighted by Crippen LogP contribution is -2.48. The summed E-state index contributed by atoms with van der Waals surface area (Å²) in [5.74, 6) is 0.116. The molecular weight excluding hydrogens is 378 g/mol. The standard InChI is InChI=1S/C22H24F2N2O3/c1-2-28-20-16-17(8-10-19(20)29-22(23)24)9-11-21(27)26-14-12-25(13-15-26)18-6-4-3-5-7-18/h3-11,16,22H,2,12-15H2,1H3/b11-9+. The van der Waals surface area contributed by atoms with Gasteiger partial charge in [0.15, 0.2) is 11.5 Å². The second-order valence-corrected chi connectivity index (χ2v) is 6.50. The van der Waals surface area contributed by atoms with Crippen molar-refractivity contribution in [3.8, 4) is 11.5 Å². The van der Waals surface area contributed by atoms with Gasteiger partial charge in [-0.1, -0.05) is 24.3 Å². The van der Waals surface area contributed by atoms with Crippen LogP contribution in [0.25, 0.3) is 6.08 Å². The van der Waals surface area contributed by atoms with Crippen LogP contribution in [0.1, 0.15) is 12.5 Å². The predicted molar refractivity (Wildman–Crippen MR) is 109 cm³/mol. The number of para-hydroxylation sites is 1. The average molecular weight is 402 g/mol. The molecule has 1 fully saturated rings. The summed E-state index contributed by atoms with van der Waals surface area (Å²) in [4.78, 5) is 16.6. The molecule has 0 aromatic heterocycles. The number of carbonyl (C=O) groups is 1. The van der Waals surface area contributed by atoms with E-state index in [2.05, 4.69) is 21.8 Å². The van der Waals surface area contributed by atoms with Gasteiger partial charge in [-0.25, -0.2) is 0 Å². The molecule has 0 saturated carbocycles. The van der Waals surface area contributed by atoms with Crippen molar-refractivity contribution in [1.29, 1.82) is 0 Å². The molecule has 1 saturated heterocycles. The number of amides is 1. The van der Waals surface area contributed by atoms with E-state index >= 15 is 0 Å². The quantitative estimate of drug-likeness (QED) is 0.656. The van der Waals surface area contributed by atoms with Crippen LogP contribution in [0.4, 0.5) is 14.5 Å². The van der Waals surface area contributed by atoms with E-state index < -0.39 is 6.61 Å². The Morgan fingerprint density at radius 2 is 1.79 bits per heavy atom. The Morgan fingerprint density at radius 3 is 2.45 bits per heavy atom. The number of hydrogen-bond acceptors (Lipinski definition) is 4. The molecule has 1 aliphatic rings. The highest BCUT2D eigenvalue weighted by Crippen LogP contribution is 2.30. The van der Waals surface area contributed by atoms with Gasteiger partial charge in [0.1, 0.15) is 0 Å². The van der Waals surface area contributed by atoms with Crippen LogP contribution in [0, 0.1) is 0 Å². The van der Waals surface area contributed by atoms with Crippen LogP contribution in [-0.2, 0) is 4.79 Å². The van der Waals surface area contributed by atoms with E-state index in [1.807, 2.05) is 18.2 Å². The summed E-state index contributed by atoms with van der Waals surface area (Å²) in [6.07, 6.45) is 3.15. The Balaban J connectivity index is 1.60. The number of ether oxygens (including phenoxy) is 2. The van der Waals surface area contributed by atoms with Gasteiger partial charge in [-0.3, -0.25) is 4.79 Å². The minimum absolute atomic E-state index is 0.0256. The topological polar surface area (TPSA) is 42.0 Å². The smallest absolute Gasteiger partial charge is 0.387 e. The van der Waals surface area contributed by atoms with Crippen molar-refractivity contribution in [1.82, 2.24) is 4.90 Å². The molecule has 0 bridgehead atoms. The highest BCUT2D eigenvalue weighted by molar-refractivity contribution is 5.92. The fourth-order valence-electron chi connectivity index (χ4n) is 3.19. The van der Waals surface area contributed by atoms with Crippen molar-refractivity contribution < 1.29 is 23.0 Å². The number of anilines is 1. The van der Waals surface area contributed by atoms with Crippen LogP contribution in [0.2, 0.25) is 0 Å². The maximum absolute atomic E-state index is 12.5. The Bertz CT molecular complexity index is 835. The molecule has 154 valence electrons. The summed E-state index contributed by atoms with van der Waals surface area (Å²) in [7, 11) is 0. The Kier molecular flexibility index (Phi) is 7.05. The lowest BCUT2D eigenvalue weighted by atomic mass is 10.1. The van der Waals surface area contributed by atoms with Crippen LogP contribution < -0.4 is 14.4 Å². The fourth-order valence-corrected chi connectivity index (χ4v) is 3.19. The SMILES string of the molecule is CCOc1cc(/C=C/C(=O)N2CCN(c3ccccc3)CC2)ccc1OC(F)F. The number of rotatable bonds is 7. The average Bonchev–Trinajstić information content (AvgIpc) is 2.74. The van der Waals surface area contributed by atoms with Crippen LogP contribution in [-0.4, -0.2) is 50.2 Å². The van der Waals surface area contributed by atoms with Crippen LogP contribution >= 0.6 is 0 Å². The molecule has 0 radical (unpaired) electrons. The predicted octanol–water partition coefficient (Wildman–Crippen LogP) is 4.05. The van der Waals surface area contributed by atoms with Gasteiger partial charge < -0.3 is 19.3 Å². The van der Waals surface area contributed by atoms with Crippen LogP contribution in [0.3, 0.4) is 0 Å².